The summed E-state index contributed by atoms with van der Waals surface area (Å²) in [6, 6.07) is 17.4. The van der Waals surface area contributed by atoms with Gasteiger partial charge in [0.1, 0.15) is 11.4 Å². The second-order valence-corrected chi connectivity index (χ2v) is 19.3. The third-order valence-electron chi connectivity index (χ3n) is 14.7. The molecule has 14 heteroatoms. The second-order valence-electron chi connectivity index (χ2n) is 19.3. The van der Waals surface area contributed by atoms with Crippen LogP contribution in [0, 0.1) is 11.8 Å². The predicted molar refractivity (Wildman–Crippen MR) is 256 cm³/mol. The molecule has 2 aliphatic heterocycles. The number of hydrogen-bond donors (Lipinski definition) is 1. The third kappa shape index (κ3) is 13.6. The number of aliphatic carboxylic acids is 1. The molecule has 2 N–H and O–H groups in total. The molecule has 13 nitrogen and oxygen atoms in total. The van der Waals surface area contributed by atoms with E-state index in [1.165, 1.54) is 89.9 Å². The Morgan fingerprint density at radius 3 is 1.33 bits per heavy atom. The topological polar surface area (TPSA) is 170 Å². The van der Waals surface area contributed by atoms with E-state index in [1.807, 2.05) is 64.6 Å². The van der Waals surface area contributed by atoms with Crippen molar-refractivity contribution >= 4 is 34.0 Å². The van der Waals surface area contributed by atoms with Gasteiger partial charge in [-0.2, -0.15) is 0 Å². The number of nitrogens with zero attached hydrogens (tertiary/aromatic N) is 6. The number of esters is 1. The number of likely N-dealkylation sites (tertiary alicyclic amines) is 2. The van der Waals surface area contributed by atoms with Gasteiger partial charge in [0.25, 0.3) is 11.1 Å². The molecule has 2 aromatic heterocycles. The van der Waals surface area contributed by atoms with E-state index in [0.717, 1.165) is 73.9 Å². The van der Waals surface area contributed by atoms with Crippen molar-refractivity contribution in [1.82, 2.24) is 28.9 Å². The fraction of sp³-hybridized carbons (Fsp3) is 0.654. The summed E-state index contributed by atoms with van der Waals surface area (Å²) < 4.78 is 9.05. The molecule has 2 aromatic carbocycles. The van der Waals surface area contributed by atoms with Crippen LogP contribution in [-0.4, -0.2) is 96.3 Å². The van der Waals surface area contributed by atoms with Crippen molar-refractivity contribution in [1.29, 1.82) is 0 Å². The number of hydrogen-bond acceptors (Lipinski definition) is 10. The zero-order valence-corrected chi connectivity index (χ0v) is 42.4. The van der Waals surface area contributed by atoms with Crippen molar-refractivity contribution in [3.63, 3.8) is 0 Å². The minimum Gasteiger partial charge on any atom is -0.870 e. The summed E-state index contributed by atoms with van der Waals surface area (Å²) in [6.07, 6.45) is 23.2. The van der Waals surface area contributed by atoms with Crippen LogP contribution in [0.1, 0.15) is 160 Å². The molecule has 4 aromatic rings. The molecule has 66 heavy (non-hydrogen) atoms. The molecule has 0 radical (unpaired) electrons. The standard InChI is InChI=1S/C27H39N3O3.C25H35N3O3.Na.H2O/c1-3-33-27(32)20(2)19-24-26(31)30(25-14-10-9-13-23(25)28-24)22-15-17-29(18-16-22)21-11-7-5-4-6-8-12-21;1-18(25(30)31)17-22-24(29)28(23-12-8-7-11-21(23)26-22)20-13-15-27(16-14-20)19-9-5-3-2-4-6-10-19;;/h9-10,13-14,20-22H,3-8,11-12,15-19H2,1-2H3;7-8,11-12,18-20H,2-6,9-10,13-17H2,1H3,(H,30,31);;1H2/q;;+1;/p-1. The SMILES string of the molecule is CC(Cc1nc2ccccc2n(C2CCN(C3CCCCCCC3)CC2)c1=O)C(=O)O.CCOC(=O)C(C)Cc1nc2ccccc2n(C2CCN(C3CCCCCCC3)CC2)c1=O.[Na+].[OH-]. The first-order valence-electron chi connectivity index (χ1n) is 25.0. The van der Waals surface area contributed by atoms with Crippen LogP contribution in [0.15, 0.2) is 58.1 Å². The molecule has 2 saturated carbocycles. The number of piperidine rings is 2. The summed E-state index contributed by atoms with van der Waals surface area (Å²) in [5.74, 6) is -2.18. The van der Waals surface area contributed by atoms with Crippen LogP contribution in [0.3, 0.4) is 0 Å². The van der Waals surface area contributed by atoms with E-state index in [-0.39, 0.29) is 76.5 Å². The monoisotopic (exact) mass is 919 g/mol. The molecule has 4 aliphatic rings. The second kappa shape index (κ2) is 26.3. The molecule has 0 spiro atoms. The van der Waals surface area contributed by atoms with Crippen LogP contribution < -0.4 is 40.7 Å². The van der Waals surface area contributed by atoms with Crippen LogP contribution in [0.5, 0.6) is 0 Å². The summed E-state index contributed by atoms with van der Waals surface area (Å²) in [7, 11) is 0. The summed E-state index contributed by atoms with van der Waals surface area (Å²) in [5, 5.41) is 9.31. The van der Waals surface area contributed by atoms with E-state index in [4.69, 9.17) is 4.74 Å². The van der Waals surface area contributed by atoms with Crippen LogP contribution in [0.4, 0.5) is 0 Å². The van der Waals surface area contributed by atoms with Crippen molar-refractivity contribution in [2.75, 3.05) is 32.8 Å². The van der Waals surface area contributed by atoms with Gasteiger partial charge < -0.3 is 34.3 Å². The van der Waals surface area contributed by atoms with E-state index < -0.39 is 11.9 Å². The summed E-state index contributed by atoms with van der Waals surface area (Å²) in [6.45, 7) is 9.74. The molecule has 0 amide bonds. The van der Waals surface area contributed by atoms with Crippen molar-refractivity contribution in [2.45, 2.75) is 173 Å². The van der Waals surface area contributed by atoms with Gasteiger partial charge in [-0.3, -0.25) is 19.2 Å². The Kier molecular flexibility index (Phi) is 21.3. The molecular formula is C52H75N6NaO7. The zero-order chi connectivity index (χ0) is 45.0. The molecule has 8 rings (SSSR count). The Hall–Kier alpha value is -3.46. The van der Waals surface area contributed by atoms with Crippen molar-refractivity contribution < 1.29 is 54.5 Å². The van der Waals surface area contributed by atoms with Gasteiger partial charge in [-0.1, -0.05) is 102 Å². The van der Waals surface area contributed by atoms with E-state index in [9.17, 15) is 24.3 Å². The fourth-order valence-corrected chi connectivity index (χ4v) is 11.1. The van der Waals surface area contributed by atoms with E-state index in [0.29, 0.717) is 36.5 Å². The molecule has 2 unspecified atom stereocenters. The van der Waals surface area contributed by atoms with Crippen LogP contribution in [0.2, 0.25) is 0 Å². The van der Waals surface area contributed by atoms with Crippen molar-refractivity contribution in [3.05, 3.63) is 80.6 Å². The maximum atomic E-state index is 13.6. The molecule has 4 heterocycles. The molecule has 0 bridgehead atoms. The van der Waals surface area contributed by atoms with Gasteiger partial charge >= 0.3 is 41.5 Å². The van der Waals surface area contributed by atoms with Crippen LogP contribution in [-0.2, 0) is 27.2 Å². The summed E-state index contributed by atoms with van der Waals surface area (Å²) in [5.41, 5.74) is 4.05. The molecule has 4 fully saturated rings. The normalized spacial score (nSPS) is 20.0. The van der Waals surface area contributed by atoms with Gasteiger partial charge in [0.2, 0.25) is 0 Å². The number of fused-ring (bicyclic) bond motifs is 2. The number of carbonyl (C=O) groups excluding carboxylic acids is 1. The predicted octanol–water partition coefficient (Wildman–Crippen LogP) is 6.12. The van der Waals surface area contributed by atoms with Crippen molar-refractivity contribution in [2.24, 2.45) is 11.8 Å². The van der Waals surface area contributed by atoms with E-state index in [1.54, 1.807) is 13.8 Å². The average Bonchev–Trinajstić information content (AvgIpc) is 3.27. The molecular weight excluding hydrogens is 844 g/mol. The van der Waals surface area contributed by atoms with Gasteiger partial charge in [0.05, 0.1) is 40.5 Å². The first kappa shape index (κ1) is 53.5. The van der Waals surface area contributed by atoms with Gasteiger partial charge in [-0.15, -0.1) is 0 Å². The number of benzene rings is 2. The Bertz CT molecular complexity index is 2270. The maximum Gasteiger partial charge on any atom is 1.00 e. The Morgan fingerprint density at radius 1 is 0.591 bits per heavy atom. The van der Waals surface area contributed by atoms with Crippen LogP contribution in [0.25, 0.3) is 22.1 Å². The fourth-order valence-electron chi connectivity index (χ4n) is 11.1. The molecule has 356 valence electrons. The zero-order valence-electron chi connectivity index (χ0n) is 40.4. The number of carboxylic acids is 1. The average molecular weight is 919 g/mol. The largest absolute Gasteiger partial charge is 1.00 e. The molecule has 2 atom stereocenters. The number of para-hydroxylation sites is 4. The maximum absolute atomic E-state index is 13.6. The van der Waals surface area contributed by atoms with Gasteiger partial charge in [0.15, 0.2) is 0 Å². The number of carboxylic acid groups (broad SMARTS) is 1. The minimum absolute atomic E-state index is 0. The Balaban J connectivity index is 0.000000241. The van der Waals surface area contributed by atoms with Crippen LogP contribution >= 0.6 is 0 Å². The number of ether oxygens (including phenoxy) is 1. The number of aromatic nitrogens is 4. The van der Waals surface area contributed by atoms with E-state index in [2.05, 4.69) is 19.8 Å². The first-order chi connectivity index (χ1) is 31.1. The number of carbonyl (C=O) groups is 2. The van der Waals surface area contributed by atoms with E-state index >= 15 is 0 Å². The Labute approximate surface area is 413 Å². The summed E-state index contributed by atoms with van der Waals surface area (Å²) >= 11 is 0. The smallest absolute Gasteiger partial charge is 0.870 e. The minimum atomic E-state index is -0.895. The van der Waals surface area contributed by atoms with Gasteiger partial charge in [-0.05, 0) is 82.6 Å². The van der Waals surface area contributed by atoms with Gasteiger partial charge in [-0.25, -0.2) is 9.97 Å². The van der Waals surface area contributed by atoms with Crippen molar-refractivity contribution in [3.8, 4) is 0 Å². The Morgan fingerprint density at radius 2 is 0.955 bits per heavy atom. The summed E-state index contributed by atoms with van der Waals surface area (Å²) in [4.78, 5) is 65.1. The molecule has 2 saturated heterocycles. The van der Waals surface area contributed by atoms with Gasteiger partial charge in [0, 0.05) is 63.2 Å². The number of rotatable bonds is 11. The molecule has 2 aliphatic carbocycles. The quantitative estimate of drug-likeness (QED) is 0.136. The first-order valence-corrected chi connectivity index (χ1v) is 25.0. The third-order valence-corrected chi connectivity index (χ3v) is 14.7.